The van der Waals surface area contributed by atoms with Gasteiger partial charge in [0.15, 0.2) is 5.69 Å². The minimum atomic E-state index is 1.23. The van der Waals surface area contributed by atoms with Gasteiger partial charge in [0.25, 0.3) is 0 Å². The van der Waals surface area contributed by atoms with E-state index < -0.39 is 0 Å². The van der Waals surface area contributed by atoms with Crippen molar-refractivity contribution in [1.29, 1.82) is 0 Å². The van der Waals surface area contributed by atoms with Crippen molar-refractivity contribution in [3.8, 4) is 33.5 Å². The molecule has 0 aliphatic heterocycles. The summed E-state index contributed by atoms with van der Waals surface area (Å²) in [7, 11) is 2.17. The SMILES string of the molecule is Cc1cc2cc(-c3cccc(-c4ccc(-c5ccccc5)cc4)c3)[n+](C)c(C)c2cc1C. The highest BCUT2D eigenvalue weighted by Crippen LogP contribution is 2.30. The van der Waals surface area contributed by atoms with Crippen LogP contribution in [0.1, 0.15) is 16.8 Å². The quantitative estimate of drug-likeness (QED) is 0.268. The average Bonchev–Trinajstić information content (AvgIpc) is 2.83. The molecule has 32 heavy (non-hydrogen) atoms. The monoisotopic (exact) mass is 414 g/mol. The molecule has 5 rings (SSSR count). The fourth-order valence-electron chi connectivity index (χ4n) is 4.50. The normalized spacial score (nSPS) is 11.1. The maximum atomic E-state index is 2.33. The molecule has 0 amide bonds. The topological polar surface area (TPSA) is 3.88 Å². The van der Waals surface area contributed by atoms with Gasteiger partial charge in [-0.2, -0.15) is 4.57 Å². The number of hydrogen-bond acceptors (Lipinski definition) is 0. The van der Waals surface area contributed by atoms with Crippen molar-refractivity contribution in [2.24, 2.45) is 7.05 Å². The van der Waals surface area contributed by atoms with Crippen LogP contribution >= 0.6 is 0 Å². The highest BCUT2D eigenvalue weighted by atomic mass is 14.9. The van der Waals surface area contributed by atoms with Crippen LogP contribution in [0.15, 0.2) is 97.1 Å². The Hall–Kier alpha value is -3.71. The zero-order valence-electron chi connectivity index (χ0n) is 19.2. The summed E-state index contributed by atoms with van der Waals surface area (Å²) in [6, 6.07) is 35.2. The number of pyridine rings is 1. The van der Waals surface area contributed by atoms with E-state index in [1.165, 1.54) is 61.1 Å². The van der Waals surface area contributed by atoms with Crippen LogP contribution in [0.5, 0.6) is 0 Å². The third-order valence-electron chi connectivity index (χ3n) is 6.70. The Kier molecular flexibility index (Phi) is 5.11. The van der Waals surface area contributed by atoms with Crippen LogP contribution in [0.25, 0.3) is 44.3 Å². The average molecular weight is 415 g/mol. The Morgan fingerprint density at radius 2 is 1.06 bits per heavy atom. The summed E-state index contributed by atoms with van der Waals surface area (Å²) >= 11 is 0. The van der Waals surface area contributed by atoms with Crippen LogP contribution in [0.3, 0.4) is 0 Å². The molecule has 0 aliphatic rings. The van der Waals surface area contributed by atoms with E-state index in [4.69, 9.17) is 0 Å². The zero-order valence-corrected chi connectivity index (χ0v) is 19.2. The Labute approximate surface area is 190 Å². The summed E-state index contributed by atoms with van der Waals surface area (Å²) in [5, 5.41) is 2.63. The minimum absolute atomic E-state index is 1.23. The second-order valence-electron chi connectivity index (χ2n) is 8.72. The van der Waals surface area contributed by atoms with E-state index in [-0.39, 0.29) is 0 Å². The van der Waals surface area contributed by atoms with Crippen molar-refractivity contribution >= 4 is 10.8 Å². The molecule has 0 atom stereocenters. The molecule has 5 aromatic rings. The lowest BCUT2D eigenvalue weighted by molar-refractivity contribution is -0.665. The number of fused-ring (bicyclic) bond motifs is 1. The van der Waals surface area contributed by atoms with Gasteiger partial charge in [-0.05, 0) is 70.8 Å². The molecule has 0 saturated heterocycles. The van der Waals surface area contributed by atoms with E-state index in [9.17, 15) is 0 Å². The Morgan fingerprint density at radius 1 is 0.500 bits per heavy atom. The van der Waals surface area contributed by atoms with E-state index in [2.05, 4.69) is 129 Å². The van der Waals surface area contributed by atoms with Crippen LogP contribution in [0, 0.1) is 20.8 Å². The third kappa shape index (κ3) is 3.61. The summed E-state index contributed by atoms with van der Waals surface area (Å²) in [5.41, 5.74) is 11.4. The number of hydrogen-bond donors (Lipinski definition) is 0. The first kappa shape index (κ1) is 20.2. The molecule has 1 nitrogen and oxygen atoms in total. The Morgan fingerprint density at radius 3 is 1.78 bits per heavy atom. The van der Waals surface area contributed by atoms with E-state index in [1.54, 1.807) is 0 Å². The van der Waals surface area contributed by atoms with E-state index in [0.29, 0.717) is 0 Å². The molecule has 0 spiro atoms. The van der Waals surface area contributed by atoms with Gasteiger partial charge in [0, 0.05) is 23.9 Å². The predicted octanol–water partition coefficient (Wildman–Crippen LogP) is 7.59. The van der Waals surface area contributed by atoms with Gasteiger partial charge in [0.2, 0.25) is 5.69 Å². The smallest absolute Gasteiger partial charge is 0.198 e. The Balaban J connectivity index is 1.57. The van der Waals surface area contributed by atoms with Gasteiger partial charge in [-0.25, -0.2) is 0 Å². The van der Waals surface area contributed by atoms with Crippen LogP contribution in [-0.2, 0) is 7.05 Å². The van der Waals surface area contributed by atoms with Crippen molar-refractivity contribution in [3.63, 3.8) is 0 Å². The standard InChI is InChI=1S/C31H28N/c1-21-17-29-20-31(32(4)23(3)30(29)18-22(21)2)28-12-8-11-27(19-28)26-15-13-25(14-16-26)24-9-6-5-7-10-24/h5-20H,1-4H3/q+1. The van der Waals surface area contributed by atoms with Crippen molar-refractivity contribution in [1.82, 2.24) is 0 Å². The maximum Gasteiger partial charge on any atom is 0.213 e. The number of benzene rings is 4. The van der Waals surface area contributed by atoms with Crippen LogP contribution in [0.2, 0.25) is 0 Å². The molecule has 0 bridgehead atoms. The molecule has 4 aromatic carbocycles. The van der Waals surface area contributed by atoms with Crippen LogP contribution in [0.4, 0.5) is 0 Å². The Bertz CT molecular complexity index is 1430. The fourth-order valence-corrected chi connectivity index (χ4v) is 4.50. The van der Waals surface area contributed by atoms with Crippen LogP contribution < -0.4 is 4.57 Å². The largest absolute Gasteiger partial charge is 0.213 e. The molecule has 0 radical (unpaired) electrons. The van der Waals surface area contributed by atoms with Crippen molar-refractivity contribution < 1.29 is 4.57 Å². The first-order chi connectivity index (χ1) is 15.5. The fraction of sp³-hybridized carbons (Fsp3) is 0.129. The van der Waals surface area contributed by atoms with Crippen LogP contribution in [-0.4, -0.2) is 0 Å². The minimum Gasteiger partial charge on any atom is -0.198 e. The lowest BCUT2D eigenvalue weighted by Gasteiger charge is -2.11. The van der Waals surface area contributed by atoms with Gasteiger partial charge in [-0.3, -0.25) is 0 Å². The summed E-state index contributed by atoms with van der Waals surface area (Å²) in [4.78, 5) is 0. The molecular weight excluding hydrogens is 386 g/mol. The summed E-state index contributed by atoms with van der Waals surface area (Å²) in [5.74, 6) is 0. The first-order valence-corrected chi connectivity index (χ1v) is 11.2. The van der Waals surface area contributed by atoms with Gasteiger partial charge in [-0.1, -0.05) is 72.8 Å². The molecule has 0 aliphatic carbocycles. The van der Waals surface area contributed by atoms with Gasteiger partial charge in [-0.15, -0.1) is 0 Å². The number of aromatic nitrogens is 1. The van der Waals surface area contributed by atoms with Crippen molar-refractivity contribution in [3.05, 3.63) is 114 Å². The van der Waals surface area contributed by atoms with Gasteiger partial charge >= 0.3 is 0 Å². The molecule has 1 aromatic heterocycles. The lowest BCUT2D eigenvalue weighted by Crippen LogP contribution is -2.34. The number of rotatable bonds is 3. The second kappa shape index (κ2) is 8.09. The highest BCUT2D eigenvalue weighted by molar-refractivity contribution is 5.88. The van der Waals surface area contributed by atoms with Crippen molar-refractivity contribution in [2.45, 2.75) is 20.8 Å². The summed E-state index contributed by atoms with van der Waals surface area (Å²) in [6.07, 6.45) is 0. The molecule has 0 N–H and O–H groups in total. The van der Waals surface area contributed by atoms with E-state index >= 15 is 0 Å². The molecule has 0 unspecified atom stereocenters. The summed E-state index contributed by atoms with van der Waals surface area (Å²) in [6.45, 7) is 6.60. The molecule has 0 saturated carbocycles. The molecule has 156 valence electrons. The zero-order chi connectivity index (χ0) is 22.2. The second-order valence-corrected chi connectivity index (χ2v) is 8.72. The number of nitrogens with zero attached hydrogens (tertiary/aromatic N) is 1. The molecule has 1 heterocycles. The molecular formula is C31H28N+. The van der Waals surface area contributed by atoms with Gasteiger partial charge in [0.05, 0.1) is 0 Å². The maximum absolute atomic E-state index is 2.33. The predicted molar refractivity (Wildman–Crippen MR) is 136 cm³/mol. The molecule has 1 heteroatoms. The highest BCUT2D eigenvalue weighted by Gasteiger charge is 2.17. The van der Waals surface area contributed by atoms with Crippen molar-refractivity contribution in [2.75, 3.05) is 0 Å². The number of aryl methyl sites for hydroxylation is 3. The third-order valence-corrected chi connectivity index (χ3v) is 6.70. The first-order valence-electron chi connectivity index (χ1n) is 11.2. The lowest BCUT2D eigenvalue weighted by atomic mass is 9.96. The van der Waals surface area contributed by atoms with Gasteiger partial charge < -0.3 is 0 Å². The van der Waals surface area contributed by atoms with Gasteiger partial charge in [0.1, 0.15) is 7.05 Å². The summed E-state index contributed by atoms with van der Waals surface area (Å²) < 4.78 is 2.31. The molecule has 0 fully saturated rings. The van der Waals surface area contributed by atoms with E-state index in [1.807, 2.05) is 0 Å². The van der Waals surface area contributed by atoms with E-state index in [0.717, 1.165) is 0 Å².